The highest BCUT2D eigenvalue weighted by Gasteiger charge is 2.14. The maximum atomic E-state index is 5.57. The number of terminal acetylenes is 1. The van der Waals surface area contributed by atoms with Crippen LogP contribution in [0, 0.1) is 19.3 Å². The molecule has 0 atom stereocenters. The van der Waals surface area contributed by atoms with Gasteiger partial charge >= 0.3 is 0 Å². The largest absolute Gasteiger partial charge is 0.475 e. The molecule has 0 spiro atoms. The van der Waals surface area contributed by atoms with E-state index in [1.165, 1.54) is 5.56 Å². The van der Waals surface area contributed by atoms with Crippen molar-refractivity contribution < 1.29 is 4.74 Å². The maximum Gasteiger partial charge on any atom is 0.163 e. The second-order valence-electron chi connectivity index (χ2n) is 3.57. The molecular formula is C12H14O. The number of hydrogen-bond donors (Lipinski definition) is 0. The quantitative estimate of drug-likeness (QED) is 0.626. The number of ether oxygens (including phenoxy) is 1. The fourth-order valence-corrected chi connectivity index (χ4v) is 0.930. The summed E-state index contributed by atoms with van der Waals surface area (Å²) in [4.78, 5) is 0. The van der Waals surface area contributed by atoms with Crippen molar-refractivity contribution in [2.24, 2.45) is 0 Å². The molecule has 1 aromatic rings. The van der Waals surface area contributed by atoms with Gasteiger partial charge in [0.15, 0.2) is 5.60 Å². The van der Waals surface area contributed by atoms with Crippen molar-refractivity contribution in [1.82, 2.24) is 0 Å². The summed E-state index contributed by atoms with van der Waals surface area (Å²) >= 11 is 0. The van der Waals surface area contributed by atoms with E-state index in [0.717, 1.165) is 5.75 Å². The van der Waals surface area contributed by atoms with E-state index in [1.54, 1.807) is 0 Å². The van der Waals surface area contributed by atoms with Gasteiger partial charge in [0.1, 0.15) is 5.75 Å². The standard InChI is InChI=1S/C12H14O/c1-5-12(3,4)13-11-8-6-10(2)7-9-11/h1,6-9H,2-4H3. The first-order valence-corrected chi connectivity index (χ1v) is 4.27. The van der Waals surface area contributed by atoms with Gasteiger partial charge in [-0.2, -0.15) is 0 Å². The summed E-state index contributed by atoms with van der Waals surface area (Å²) in [6, 6.07) is 7.85. The Balaban J connectivity index is 2.77. The van der Waals surface area contributed by atoms with Gasteiger partial charge in [0.05, 0.1) is 0 Å². The summed E-state index contributed by atoms with van der Waals surface area (Å²) in [6.07, 6.45) is 5.31. The minimum absolute atomic E-state index is 0.532. The normalized spacial score (nSPS) is 10.6. The Morgan fingerprint density at radius 3 is 2.23 bits per heavy atom. The summed E-state index contributed by atoms with van der Waals surface area (Å²) < 4.78 is 5.57. The van der Waals surface area contributed by atoms with Gasteiger partial charge in [-0.15, -0.1) is 6.42 Å². The molecule has 0 unspecified atom stereocenters. The van der Waals surface area contributed by atoms with Crippen molar-refractivity contribution in [3.63, 3.8) is 0 Å². The smallest absolute Gasteiger partial charge is 0.163 e. The molecule has 0 radical (unpaired) electrons. The average molecular weight is 174 g/mol. The van der Waals surface area contributed by atoms with Crippen LogP contribution < -0.4 is 4.74 Å². The zero-order valence-corrected chi connectivity index (χ0v) is 8.29. The van der Waals surface area contributed by atoms with Crippen LogP contribution in [-0.2, 0) is 0 Å². The topological polar surface area (TPSA) is 9.23 Å². The molecule has 0 heterocycles. The number of benzene rings is 1. The van der Waals surface area contributed by atoms with Gasteiger partial charge in [0, 0.05) is 0 Å². The fourth-order valence-electron chi connectivity index (χ4n) is 0.930. The van der Waals surface area contributed by atoms with E-state index in [9.17, 15) is 0 Å². The molecule has 0 bridgehead atoms. The van der Waals surface area contributed by atoms with Gasteiger partial charge in [0.2, 0.25) is 0 Å². The molecule has 0 aliphatic rings. The summed E-state index contributed by atoms with van der Waals surface area (Å²) in [5, 5.41) is 0. The third kappa shape index (κ3) is 2.83. The van der Waals surface area contributed by atoms with Gasteiger partial charge in [-0.3, -0.25) is 0 Å². The van der Waals surface area contributed by atoms with Crippen molar-refractivity contribution in [3.8, 4) is 18.1 Å². The molecular weight excluding hydrogens is 160 g/mol. The monoisotopic (exact) mass is 174 g/mol. The molecule has 1 rings (SSSR count). The first-order chi connectivity index (χ1) is 6.03. The molecule has 0 N–H and O–H groups in total. The lowest BCUT2D eigenvalue weighted by Crippen LogP contribution is -2.25. The lowest BCUT2D eigenvalue weighted by molar-refractivity contribution is 0.172. The minimum atomic E-state index is -0.532. The summed E-state index contributed by atoms with van der Waals surface area (Å²) in [6.45, 7) is 5.77. The van der Waals surface area contributed by atoms with E-state index in [0.29, 0.717) is 0 Å². The van der Waals surface area contributed by atoms with Gasteiger partial charge in [0.25, 0.3) is 0 Å². The molecule has 0 saturated heterocycles. The van der Waals surface area contributed by atoms with Crippen LogP contribution in [-0.4, -0.2) is 5.60 Å². The first-order valence-electron chi connectivity index (χ1n) is 4.27. The predicted octanol–water partition coefficient (Wildman–Crippen LogP) is 2.79. The van der Waals surface area contributed by atoms with E-state index in [4.69, 9.17) is 11.2 Å². The average Bonchev–Trinajstić information content (AvgIpc) is 2.09. The second kappa shape index (κ2) is 3.53. The lowest BCUT2D eigenvalue weighted by Gasteiger charge is -2.20. The van der Waals surface area contributed by atoms with Crippen LogP contribution in [0.4, 0.5) is 0 Å². The number of rotatable bonds is 2. The second-order valence-corrected chi connectivity index (χ2v) is 3.57. The van der Waals surface area contributed by atoms with Gasteiger partial charge in [-0.05, 0) is 32.9 Å². The Hall–Kier alpha value is -1.42. The Bertz CT molecular complexity index is 314. The third-order valence-electron chi connectivity index (χ3n) is 1.74. The Morgan fingerprint density at radius 2 is 1.77 bits per heavy atom. The van der Waals surface area contributed by atoms with Crippen LogP contribution in [0.3, 0.4) is 0 Å². The van der Waals surface area contributed by atoms with Crippen LogP contribution >= 0.6 is 0 Å². The molecule has 0 aliphatic heterocycles. The van der Waals surface area contributed by atoms with Crippen molar-refractivity contribution >= 4 is 0 Å². The van der Waals surface area contributed by atoms with Crippen LogP contribution in [0.25, 0.3) is 0 Å². The number of hydrogen-bond acceptors (Lipinski definition) is 1. The first kappa shape index (κ1) is 9.67. The highest BCUT2D eigenvalue weighted by atomic mass is 16.5. The Morgan fingerprint density at radius 1 is 1.23 bits per heavy atom. The molecule has 0 aliphatic carbocycles. The summed E-state index contributed by atoms with van der Waals surface area (Å²) in [5.74, 6) is 3.40. The van der Waals surface area contributed by atoms with Gasteiger partial charge < -0.3 is 4.74 Å². The summed E-state index contributed by atoms with van der Waals surface area (Å²) in [5.41, 5.74) is 0.681. The van der Waals surface area contributed by atoms with E-state index < -0.39 is 5.60 Å². The zero-order chi connectivity index (χ0) is 9.90. The van der Waals surface area contributed by atoms with Crippen molar-refractivity contribution in [1.29, 1.82) is 0 Å². The van der Waals surface area contributed by atoms with Crippen LogP contribution in [0.2, 0.25) is 0 Å². The van der Waals surface area contributed by atoms with E-state index >= 15 is 0 Å². The minimum Gasteiger partial charge on any atom is -0.475 e. The molecule has 1 aromatic carbocycles. The van der Waals surface area contributed by atoms with E-state index in [-0.39, 0.29) is 0 Å². The van der Waals surface area contributed by atoms with E-state index in [2.05, 4.69) is 5.92 Å². The molecule has 0 saturated carbocycles. The van der Waals surface area contributed by atoms with Gasteiger partial charge in [-0.1, -0.05) is 23.6 Å². The lowest BCUT2D eigenvalue weighted by atomic mass is 10.1. The molecule has 68 valence electrons. The van der Waals surface area contributed by atoms with Crippen LogP contribution in [0.1, 0.15) is 19.4 Å². The molecule has 0 amide bonds. The highest BCUT2D eigenvalue weighted by molar-refractivity contribution is 5.28. The van der Waals surface area contributed by atoms with Crippen molar-refractivity contribution in [2.75, 3.05) is 0 Å². The van der Waals surface area contributed by atoms with E-state index in [1.807, 2.05) is 45.0 Å². The van der Waals surface area contributed by atoms with Crippen molar-refractivity contribution in [2.45, 2.75) is 26.4 Å². The third-order valence-corrected chi connectivity index (χ3v) is 1.74. The molecule has 13 heavy (non-hydrogen) atoms. The zero-order valence-electron chi connectivity index (χ0n) is 8.29. The molecule has 0 fully saturated rings. The predicted molar refractivity (Wildman–Crippen MR) is 54.7 cm³/mol. The van der Waals surface area contributed by atoms with Crippen molar-refractivity contribution in [3.05, 3.63) is 29.8 Å². The SMILES string of the molecule is C#CC(C)(C)Oc1ccc(C)cc1. The Kier molecular flexibility index (Phi) is 2.63. The number of aryl methyl sites for hydroxylation is 1. The fraction of sp³-hybridized carbons (Fsp3) is 0.333. The molecule has 1 heteroatoms. The highest BCUT2D eigenvalue weighted by Crippen LogP contribution is 2.17. The van der Waals surface area contributed by atoms with Crippen LogP contribution in [0.5, 0.6) is 5.75 Å². The van der Waals surface area contributed by atoms with Crippen LogP contribution in [0.15, 0.2) is 24.3 Å². The molecule has 1 nitrogen and oxygen atoms in total. The molecule has 0 aromatic heterocycles. The summed E-state index contributed by atoms with van der Waals surface area (Å²) in [7, 11) is 0. The Labute approximate surface area is 79.7 Å². The van der Waals surface area contributed by atoms with Gasteiger partial charge in [-0.25, -0.2) is 0 Å². The maximum absolute atomic E-state index is 5.57.